The van der Waals surface area contributed by atoms with Crippen LogP contribution in [-0.2, 0) is 6.18 Å². The highest BCUT2D eigenvalue weighted by atomic mass is 79.9. The van der Waals surface area contributed by atoms with Crippen molar-refractivity contribution in [2.45, 2.75) is 99.6 Å². The zero-order valence-corrected chi connectivity index (χ0v) is 76.0. The first-order valence-electron chi connectivity index (χ1n) is 35.8. The second-order valence-electron chi connectivity index (χ2n) is 27.1. The molecule has 0 aliphatic heterocycles. The predicted octanol–water partition coefficient (Wildman–Crippen LogP) is 20.9. The summed E-state index contributed by atoms with van der Waals surface area (Å²) in [5.41, 5.74) is 0.921. The maximum Gasteiger partial charge on any atom is 0.435 e. The largest absolute Gasteiger partial charge is 0.435 e. The third-order valence-electron chi connectivity index (χ3n) is 16.0. The van der Waals surface area contributed by atoms with Gasteiger partial charge < -0.3 is 42.5 Å². The number of rotatable bonds is 20. The summed E-state index contributed by atoms with van der Waals surface area (Å²) < 4.78 is 44.9. The predicted molar refractivity (Wildman–Crippen MR) is 476 cm³/mol. The van der Waals surface area contributed by atoms with E-state index in [4.69, 9.17) is 139 Å². The lowest BCUT2D eigenvalue weighted by molar-refractivity contribution is -0.141. The van der Waals surface area contributed by atoms with E-state index in [0.29, 0.717) is 63.8 Å². The van der Waals surface area contributed by atoms with E-state index in [0.717, 1.165) is 0 Å². The lowest BCUT2D eigenvalue weighted by Crippen LogP contribution is -2.31. The lowest BCUT2D eigenvalue weighted by Gasteiger charge is -2.16. The van der Waals surface area contributed by atoms with Crippen LogP contribution in [0.4, 0.5) is 35.9 Å². The lowest BCUT2D eigenvalue weighted by atomic mass is 10.1. The monoisotopic (exact) mass is 1980 g/mol. The average Bonchev–Trinajstić information content (AvgIpc) is 1.58. The molecule has 0 aliphatic rings. The molecule has 8 aromatic heterocycles. The van der Waals surface area contributed by atoms with Gasteiger partial charge in [-0.1, -0.05) is 139 Å². The number of pyridine rings is 4. The smallest absolute Gasteiger partial charge is 0.350 e. The molecule has 0 fully saturated rings. The second-order valence-corrected chi connectivity index (χ2v) is 32.9. The number of aromatic nitrogens is 12. The molecule has 0 bridgehead atoms. The molecule has 0 saturated carbocycles. The van der Waals surface area contributed by atoms with Crippen LogP contribution in [0.1, 0.15) is 156 Å². The SMILES string of the molecule is CC(C)NC(=O)c1cc(Cl)cc(Cl)c1NC(=O)c1cc(C(F)(F)F)nn1-c1ncccc1Cl.CC(C)NC(=O)c1cc(Cl)cc(Cl)c1NC(=O)c1cc(Cl)nn1-c1ncccc1Cl.Cc1cc(Cl)cc(C(=O)NC(C)C)c1NC(=O)c1cc(Br)nn1-c1ncccc1Cl.Cc1cc(Cl)cc(C(=O)NC(C)C)c1NC(=O)c1cc(Cl)nn1-c1ncccc1Cl. The molecule has 0 aliphatic carbocycles. The minimum Gasteiger partial charge on any atom is -0.350 e. The summed E-state index contributed by atoms with van der Waals surface area (Å²) in [4.78, 5) is 119. The number of nitrogens with zero attached hydrogens (tertiary/aromatic N) is 12. The Hall–Kier alpha value is -10.2. The van der Waals surface area contributed by atoms with Crippen LogP contribution in [0.25, 0.3) is 23.3 Å². The van der Waals surface area contributed by atoms with Gasteiger partial charge in [0.1, 0.15) is 27.4 Å². The summed E-state index contributed by atoms with van der Waals surface area (Å²) in [6, 6.07) is 28.7. The van der Waals surface area contributed by atoms with Gasteiger partial charge in [-0.05, 0) is 193 Å². The minimum absolute atomic E-state index is 0.0371. The normalized spacial score (nSPS) is 11.1. The first-order valence-corrected chi connectivity index (χ1v) is 41.2. The van der Waals surface area contributed by atoms with Gasteiger partial charge in [-0.15, -0.1) is 0 Å². The van der Waals surface area contributed by atoms with E-state index in [1.807, 2.05) is 27.7 Å². The Balaban J connectivity index is 0.000000186. The molecule has 12 aromatic rings. The Morgan fingerprint density at radius 3 is 0.886 bits per heavy atom. The van der Waals surface area contributed by atoms with Gasteiger partial charge in [0.15, 0.2) is 39.3 Å². The van der Waals surface area contributed by atoms with E-state index < -0.39 is 53.0 Å². The van der Waals surface area contributed by atoms with E-state index in [-0.39, 0.29) is 145 Å². The quantitative estimate of drug-likeness (QED) is 0.0351. The first-order chi connectivity index (χ1) is 57.9. The molecule has 8 N–H and O–H groups in total. The van der Waals surface area contributed by atoms with Crippen molar-refractivity contribution in [3.8, 4) is 23.3 Å². The maximum atomic E-state index is 13.3. The number of alkyl halides is 3. The molecule has 28 nitrogen and oxygen atoms in total. The highest BCUT2D eigenvalue weighted by Gasteiger charge is 2.38. The van der Waals surface area contributed by atoms with Crippen LogP contribution in [0.15, 0.2) is 151 Å². The van der Waals surface area contributed by atoms with Crippen molar-refractivity contribution in [3.63, 3.8) is 0 Å². The molecule has 8 heterocycles. The molecule has 0 unspecified atom stereocenters. The van der Waals surface area contributed by atoms with Crippen LogP contribution in [0, 0.1) is 13.8 Å². The van der Waals surface area contributed by atoms with Crippen molar-refractivity contribution in [2.24, 2.45) is 0 Å². The number of benzene rings is 4. The number of aryl methyl sites for hydroxylation is 2. The number of hydrogen-bond donors (Lipinski definition) is 8. The summed E-state index contributed by atoms with van der Waals surface area (Å²) >= 11 is 76.8. The van der Waals surface area contributed by atoms with Crippen molar-refractivity contribution in [1.29, 1.82) is 0 Å². The van der Waals surface area contributed by atoms with E-state index in [9.17, 15) is 51.5 Å². The van der Waals surface area contributed by atoms with Gasteiger partial charge in [0, 0.05) is 93.3 Å². The number of carbonyl (C=O) groups excluding carboxylic acids is 8. The molecule has 8 amide bonds. The van der Waals surface area contributed by atoms with E-state index in [1.165, 1.54) is 93.3 Å². The first kappa shape index (κ1) is 96.6. The van der Waals surface area contributed by atoms with Crippen LogP contribution >= 0.6 is 155 Å². The third-order valence-corrected chi connectivity index (χ3v) is 19.5. The molecular weight excluding hydrogens is 1920 g/mol. The molecule has 0 atom stereocenters. The van der Waals surface area contributed by atoms with Gasteiger partial charge in [-0.25, -0.2) is 38.7 Å². The Labute approximate surface area is 767 Å². The van der Waals surface area contributed by atoms with Gasteiger partial charge in [0.25, 0.3) is 47.3 Å². The number of hydrogen-bond acceptors (Lipinski definition) is 16. The fourth-order valence-corrected chi connectivity index (χ4v) is 14.2. The minimum atomic E-state index is -4.85. The summed E-state index contributed by atoms with van der Waals surface area (Å²) in [7, 11) is 0. The van der Waals surface area contributed by atoms with Crippen LogP contribution in [0.5, 0.6) is 0 Å². The fourth-order valence-electron chi connectivity index (χ4n) is 11.0. The Kier molecular flexibility index (Phi) is 33.4. The van der Waals surface area contributed by atoms with Crippen molar-refractivity contribution < 1.29 is 51.5 Å². The van der Waals surface area contributed by atoms with E-state index in [2.05, 4.69) is 98.8 Å². The maximum absolute atomic E-state index is 13.3. The Morgan fingerprint density at radius 2 is 0.593 bits per heavy atom. The van der Waals surface area contributed by atoms with E-state index in [1.54, 1.807) is 102 Å². The molecular formula is C79H66BrCl12F3N20O8. The topological polar surface area (TPSA) is 356 Å². The molecule has 4 aromatic carbocycles. The summed E-state index contributed by atoms with van der Waals surface area (Å²) in [6.07, 6.45) is 1.01. The number of carbonyl (C=O) groups is 8. The second kappa shape index (κ2) is 42.5. The summed E-state index contributed by atoms with van der Waals surface area (Å²) in [5.74, 6) is -3.84. The van der Waals surface area contributed by atoms with Crippen LogP contribution in [0.2, 0.25) is 60.5 Å². The number of amides is 8. The average molecular weight is 1990 g/mol. The highest BCUT2D eigenvalue weighted by molar-refractivity contribution is 9.10. The van der Waals surface area contributed by atoms with Gasteiger partial charge >= 0.3 is 6.18 Å². The number of anilines is 4. The zero-order valence-electron chi connectivity index (χ0n) is 65.3. The Bertz CT molecular complexity index is 5640. The van der Waals surface area contributed by atoms with Gasteiger partial charge in [-0.2, -0.15) is 33.6 Å². The van der Waals surface area contributed by atoms with Crippen LogP contribution in [-0.4, -0.2) is 130 Å². The molecule has 642 valence electrons. The summed E-state index contributed by atoms with van der Waals surface area (Å²) in [5, 5.41) is 39.7. The molecule has 123 heavy (non-hydrogen) atoms. The number of halogens is 16. The Morgan fingerprint density at radius 1 is 0.333 bits per heavy atom. The van der Waals surface area contributed by atoms with Crippen molar-refractivity contribution in [1.82, 2.24) is 80.3 Å². The van der Waals surface area contributed by atoms with Crippen LogP contribution in [0.3, 0.4) is 0 Å². The standard InChI is InChI=1S/C20H18BrCl2N5O2.C20H15Cl3F3N5O2.C20H18Cl3N5O2.C19H15Cl4N5O2/c1-10(2)25-19(29)13-8-12(22)7-11(3)17(13)26-20(30)15-9-16(21)27-28(15)18-14(23)5-4-6-24-18;1-9(2)28-18(32)11-6-10(21)7-13(23)16(11)29-19(33)14-8-15(20(24,25)26)30-31(14)17-12(22)4-3-5-27-17;1-10(2)25-19(29)13-8-12(21)7-11(3)17(13)26-20(30)15-9-16(23)27-28(15)18-14(22)5-4-6-24-18;1-9(2)25-18(29)11-6-10(20)7-13(22)16(11)26-19(30)14-8-15(23)27-28(14)17-12(21)4-3-5-24-17/h4-10H,1-3H3,(H,25,29)(H,26,30);3-9H,1-2H3,(H,28,32)(H,29,33);4-10H,1-3H3,(H,25,29)(H,26,30);3-9H,1-2H3,(H,25,29)(H,26,30). The fraction of sp³-hybridized carbons (Fsp3) is 0.190. The highest BCUT2D eigenvalue weighted by Crippen LogP contribution is 2.37. The number of nitrogens with one attached hydrogen (secondary N) is 8. The van der Waals surface area contributed by atoms with Crippen molar-refractivity contribution >= 4 is 225 Å². The molecule has 0 spiro atoms. The molecule has 0 radical (unpaired) electrons. The van der Waals surface area contributed by atoms with E-state index >= 15 is 0 Å². The van der Waals surface area contributed by atoms with Crippen LogP contribution < -0.4 is 42.5 Å². The molecule has 12 rings (SSSR count). The molecule has 44 heteroatoms. The van der Waals surface area contributed by atoms with Gasteiger partial charge in [0.05, 0.1) is 75.1 Å². The molecule has 0 saturated heterocycles. The third kappa shape index (κ3) is 25.1. The zero-order chi connectivity index (χ0) is 90.5. The summed E-state index contributed by atoms with van der Waals surface area (Å²) in [6.45, 7) is 17.9. The van der Waals surface area contributed by atoms with Gasteiger partial charge in [0.2, 0.25) is 0 Å². The van der Waals surface area contributed by atoms with Crippen molar-refractivity contribution in [3.05, 3.63) is 273 Å². The van der Waals surface area contributed by atoms with Crippen molar-refractivity contribution in [2.75, 3.05) is 21.3 Å². The van der Waals surface area contributed by atoms with Gasteiger partial charge in [-0.3, -0.25) is 38.4 Å².